The molecule has 0 bridgehead atoms. The van der Waals surface area contributed by atoms with Crippen molar-refractivity contribution in [3.05, 3.63) is 53.0 Å². The van der Waals surface area contributed by atoms with E-state index in [9.17, 15) is 0 Å². The molecule has 2 nitrogen and oxygen atoms in total. The summed E-state index contributed by atoms with van der Waals surface area (Å²) in [5.41, 5.74) is 10.0. The highest BCUT2D eigenvalue weighted by Crippen LogP contribution is 2.28. The molecule has 0 aliphatic heterocycles. The van der Waals surface area contributed by atoms with Crippen molar-refractivity contribution in [2.75, 3.05) is 5.75 Å². The van der Waals surface area contributed by atoms with Gasteiger partial charge in [0.05, 0.1) is 6.26 Å². The largest absolute Gasteiger partial charge is 0.468 e. The molecule has 0 saturated carbocycles. The molecule has 3 heteroatoms. The van der Waals surface area contributed by atoms with Crippen molar-refractivity contribution in [2.45, 2.75) is 31.7 Å². The van der Waals surface area contributed by atoms with E-state index in [0.29, 0.717) is 0 Å². The maximum Gasteiger partial charge on any atom is 0.114 e. The van der Waals surface area contributed by atoms with E-state index in [1.165, 1.54) is 21.6 Å². The van der Waals surface area contributed by atoms with Crippen molar-refractivity contribution in [3.63, 3.8) is 0 Å². The third kappa shape index (κ3) is 2.98. The molecule has 96 valence electrons. The standard InChI is InChI=1S/C15H19NOS/c1-10-4-5-13(11(2)8-10)14(16)9-18-15-6-7-17-12(15)3/h4-8,14H,9,16H2,1-3H3. The number of benzene rings is 1. The molecule has 18 heavy (non-hydrogen) atoms. The number of aryl methyl sites for hydroxylation is 3. The second-order valence-corrected chi connectivity index (χ2v) is 5.68. The fraction of sp³-hybridized carbons (Fsp3) is 0.333. The smallest absolute Gasteiger partial charge is 0.114 e. The van der Waals surface area contributed by atoms with Crippen LogP contribution in [0.3, 0.4) is 0 Å². The van der Waals surface area contributed by atoms with Crippen LogP contribution >= 0.6 is 11.8 Å². The maximum atomic E-state index is 6.26. The highest BCUT2D eigenvalue weighted by Gasteiger charge is 2.11. The Hall–Kier alpha value is -1.19. The van der Waals surface area contributed by atoms with Crippen LogP contribution in [0, 0.1) is 20.8 Å². The molecule has 1 aromatic carbocycles. The predicted octanol–water partition coefficient (Wildman–Crippen LogP) is 4.00. The summed E-state index contributed by atoms with van der Waals surface area (Å²) < 4.78 is 5.28. The van der Waals surface area contributed by atoms with Gasteiger partial charge < -0.3 is 10.2 Å². The highest BCUT2D eigenvalue weighted by molar-refractivity contribution is 7.99. The highest BCUT2D eigenvalue weighted by atomic mass is 32.2. The molecular weight excluding hydrogens is 242 g/mol. The molecule has 0 aliphatic rings. The molecule has 2 rings (SSSR count). The minimum Gasteiger partial charge on any atom is -0.468 e. The average Bonchev–Trinajstić information content (AvgIpc) is 2.72. The molecule has 0 amide bonds. The van der Waals surface area contributed by atoms with Crippen LogP contribution < -0.4 is 5.73 Å². The Labute approximate surface area is 113 Å². The van der Waals surface area contributed by atoms with Gasteiger partial charge in [-0.1, -0.05) is 23.8 Å². The zero-order chi connectivity index (χ0) is 13.1. The van der Waals surface area contributed by atoms with Crippen molar-refractivity contribution < 1.29 is 4.42 Å². The third-order valence-electron chi connectivity index (χ3n) is 3.05. The molecule has 2 aromatic rings. The molecule has 1 aromatic heterocycles. The Morgan fingerprint density at radius 1 is 1.22 bits per heavy atom. The van der Waals surface area contributed by atoms with Gasteiger partial charge in [-0.25, -0.2) is 0 Å². The first-order chi connectivity index (χ1) is 8.58. The zero-order valence-corrected chi connectivity index (χ0v) is 11.9. The van der Waals surface area contributed by atoms with Gasteiger partial charge in [0.1, 0.15) is 5.76 Å². The van der Waals surface area contributed by atoms with Crippen molar-refractivity contribution in [1.29, 1.82) is 0 Å². The van der Waals surface area contributed by atoms with Gasteiger partial charge in [0.15, 0.2) is 0 Å². The van der Waals surface area contributed by atoms with E-state index in [1.54, 1.807) is 18.0 Å². The lowest BCUT2D eigenvalue weighted by Gasteiger charge is -2.14. The SMILES string of the molecule is Cc1ccc(C(N)CSc2ccoc2C)c(C)c1. The monoisotopic (exact) mass is 261 g/mol. The molecule has 0 aliphatic carbocycles. The van der Waals surface area contributed by atoms with Crippen LogP contribution in [0.2, 0.25) is 0 Å². The molecule has 1 heterocycles. The lowest BCUT2D eigenvalue weighted by Crippen LogP contribution is -2.14. The predicted molar refractivity (Wildman–Crippen MR) is 77.0 cm³/mol. The number of rotatable bonds is 4. The summed E-state index contributed by atoms with van der Waals surface area (Å²) in [6.07, 6.45) is 1.72. The van der Waals surface area contributed by atoms with Crippen LogP contribution in [0.4, 0.5) is 0 Å². The summed E-state index contributed by atoms with van der Waals surface area (Å²) in [4.78, 5) is 1.18. The Balaban J connectivity index is 2.03. The average molecular weight is 261 g/mol. The Kier molecular flexibility index (Phi) is 4.15. The Morgan fingerprint density at radius 3 is 2.61 bits per heavy atom. The van der Waals surface area contributed by atoms with E-state index in [4.69, 9.17) is 10.2 Å². The van der Waals surface area contributed by atoms with E-state index in [-0.39, 0.29) is 6.04 Å². The molecule has 0 spiro atoms. The molecule has 0 radical (unpaired) electrons. The fourth-order valence-electron chi connectivity index (χ4n) is 2.03. The van der Waals surface area contributed by atoms with E-state index in [2.05, 4.69) is 32.0 Å². The van der Waals surface area contributed by atoms with Crippen LogP contribution in [0.1, 0.15) is 28.5 Å². The second kappa shape index (κ2) is 5.63. The van der Waals surface area contributed by atoms with Gasteiger partial charge in [0.25, 0.3) is 0 Å². The Morgan fingerprint density at radius 2 is 2.00 bits per heavy atom. The van der Waals surface area contributed by atoms with Gasteiger partial charge in [-0.15, -0.1) is 11.8 Å². The topological polar surface area (TPSA) is 39.2 Å². The number of hydrogen-bond acceptors (Lipinski definition) is 3. The van der Waals surface area contributed by atoms with E-state index in [1.807, 2.05) is 13.0 Å². The summed E-state index contributed by atoms with van der Waals surface area (Å²) in [7, 11) is 0. The van der Waals surface area contributed by atoms with Crippen LogP contribution in [0.5, 0.6) is 0 Å². The van der Waals surface area contributed by atoms with Crippen molar-refractivity contribution >= 4 is 11.8 Å². The first-order valence-electron chi connectivity index (χ1n) is 6.07. The van der Waals surface area contributed by atoms with Crippen LogP contribution in [-0.2, 0) is 0 Å². The lowest BCUT2D eigenvalue weighted by atomic mass is 10.0. The number of furan rings is 1. The minimum absolute atomic E-state index is 0.0601. The van der Waals surface area contributed by atoms with Crippen molar-refractivity contribution in [2.24, 2.45) is 5.73 Å². The number of thioether (sulfide) groups is 1. The molecule has 0 saturated heterocycles. The summed E-state index contributed by atoms with van der Waals surface area (Å²) in [6, 6.07) is 8.50. The lowest BCUT2D eigenvalue weighted by molar-refractivity contribution is 0.527. The summed E-state index contributed by atoms with van der Waals surface area (Å²) >= 11 is 1.75. The van der Waals surface area contributed by atoms with Gasteiger partial charge in [0, 0.05) is 16.7 Å². The van der Waals surface area contributed by atoms with E-state index in [0.717, 1.165) is 11.5 Å². The number of nitrogens with two attached hydrogens (primary N) is 1. The zero-order valence-electron chi connectivity index (χ0n) is 11.1. The van der Waals surface area contributed by atoms with Gasteiger partial charge in [0.2, 0.25) is 0 Å². The van der Waals surface area contributed by atoms with Crippen LogP contribution in [0.25, 0.3) is 0 Å². The maximum absolute atomic E-state index is 6.26. The van der Waals surface area contributed by atoms with Gasteiger partial charge in [-0.3, -0.25) is 0 Å². The third-order valence-corrected chi connectivity index (χ3v) is 4.31. The molecule has 1 unspecified atom stereocenters. The van der Waals surface area contributed by atoms with Gasteiger partial charge in [-0.2, -0.15) is 0 Å². The quantitative estimate of drug-likeness (QED) is 0.846. The van der Waals surface area contributed by atoms with Crippen molar-refractivity contribution in [1.82, 2.24) is 0 Å². The minimum atomic E-state index is 0.0601. The van der Waals surface area contributed by atoms with Crippen LogP contribution in [-0.4, -0.2) is 5.75 Å². The Bertz CT molecular complexity index is 533. The molecule has 1 atom stereocenters. The molecule has 0 fully saturated rings. The molecule has 2 N–H and O–H groups in total. The summed E-state index contributed by atoms with van der Waals surface area (Å²) in [5, 5.41) is 0. The first-order valence-corrected chi connectivity index (χ1v) is 7.06. The molecular formula is C15H19NOS. The van der Waals surface area contributed by atoms with Crippen molar-refractivity contribution in [3.8, 4) is 0 Å². The van der Waals surface area contributed by atoms with Gasteiger partial charge >= 0.3 is 0 Å². The van der Waals surface area contributed by atoms with Gasteiger partial charge in [-0.05, 0) is 38.0 Å². The summed E-state index contributed by atoms with van der Waals surface area (Å²) in [6.45, 7) is 6.20. The second-order valence-electron chi connectivity index (χ2n) is 4.62. The first kappa shape index (κ1) is 13.2. The van der Waals surface area contributed by atoms with Crippen LogP contribution in [0.15, 0.2) is 39.8 Å². The summed E-state index contributed by atoms with van der Waals surface area (Å²) in [5.74, 6) is 1.83. The number of hydrogen-bond donors (Lipinski definition) is 1. The normalized spacial score (nSPS) is 12.7. The van der Waals surface area contributed by atoms with E-state index >= 15 is 0 Å². The fourth-order valence-corrected chi connectivity index (χ4v) is 2.98. The van der Waals surface area contributed by atoms with E-state index < -0.39 is 0 Å².